The van der Waals surface area contributed by atoms with E-state index in [2.05, 4.69) is 0 Å². The highest BCUT2D eigenvalue weighted by Crippen LogP contribution is 2.43. The number of hydrogen-bond acceptors (Lipinski definition) is 3. The summed E-state index contributed by atoms with van der Waals surface area (Å²) in [5.41, 5.74) is -1.19. The van der Waals surface area contributed by atoms with Crippen molar-refractivity contribution in [3.63, 3.8) is 0 Å². The minimum atomic E-state index is -1.11. The maximum atomic E-state index is 15.0. The highest BCUT2D eigenvalue weighted by atomic mass is 19.2. The summed E-state index contributed by atoms with van der Waals surface area (Å²) in [6, 6.07) is 3.73. The van der Waals surface area contributed by atoms with Gasteiger partial charge >= 0.3 is 0 Å². The van der Waals surface area contributed by atoms with Gasteiger partial charge in [0.1, 0.15) is 11.4 Å². The van der Waals surface area contributed by atoms with E-state index >= 15 is 0 Å². The molecule has 0 bridgehead atoms. The molecule has 1 atom stereocenters. The molecule has 1 aromatic rings. The van der Waals surface area contributed by atoms with E-state index in [1.54, 1.807) is 6.08 Å². The maximum Gasteiger partial charge on any atom is 0.190 e. The highest BCUT2D eigenvalue weighted by molar-refractivity contribution is 5.77. The molecule has 2 aliphatic carbocycles. The second-order valence-corrected chi connectivity index (χ2v) is 7.41. The van der Waals surface area contributed by atoms with Crippen molar-refractivity contribution in [3.8, 4) is 0 Å². The number of ether oxygens (including phenoxy) is 3. The van der Waals surface area contributed by atoms with Gasteiger partial charge in [-0.3, -0.25) is 0 Å². The van der Waals surface area contributed by atoms with Gasteiger partial charge in [-0.05, 0) is 37.8 Å². The molecule has 0 radical (unpaired) electrons. The molecular formula is C21H23F3O3. The summed E-state index contributed by atoms with van der Waals surface area (Å²) in [5.74, 6) is -1.60. The highest BCUT2D eigenvalue weighted by Gasteiger charge is 2.46. The van der Waals surface area contributed by atoms with Crippen LogP contribution in [0.3, 0.4) is 0 Å². The molecule has 1 saturated heterocycles. The predicted molar refractivity (Wildman–Crippen MR) is 94.4 cm³/mol. The Morgan fingerprint density at radius 3 is 2.48 bits per heavy atom. The Hall–Kier alpha value is -1.63. The average molecular weight is 380 g/mol. The molecule has 1 aromatic carbocycles. The number of benzene rings is 1. The van der Waals surface area contributed by atoms with Crippen LogP contribution in [0.2, 0.25) is 0 Å². The first-order valence-electron chi connectivity index (χ1n) is 9.43. The van der Waals surface area contributed by atoms with E-state index in [9.17, 15) is 13.2 Å². The van der Waals surface area contributed by atoms with Gasteiger partial charge in [0, 0.05) is 30.1 Å². The molecule has 1 saturated carbocycles. The third-order valence-corrected chi connectivity index (χ3v) is 5.52. The minimum Gasteiger partial charge on any atom is -0.365 e. The van der Waals surface area contributed by atoms with Crippen molar-refractivity contribution in [2.75, 3.05) is 19.8 Å². The van der Waals surface area contributed by atoms with Crippen molar-refractivity contribution in [1.29, 1.82) is 0 Å². The molecule has 0 amide bonds. The molecule has 0 aromatic heterocycles. The first kappa shape index (κ1) is 18.7. The Labute approximate surface area is 156 Å². The van der Waals surface area contributed by atoms with Crippen LogP contribution in [0.15, 0.2) is 36.2 Å². The fourth-order valence-electron chi connectivity index (χ4n) is 3.90. The molecule has 1 heterocycles. The fourth-order valence-corrected chi connectivity index (χ4v) is 3.90. The zero-order valence-electron chi connectivity index (χ0n) is 15.2. The summed E-state index contributed by atoms with van der Waals surface area (Å²) in [5, 5.41) is 0. The van der Waals surface area contributed by atoms with E-state index in [0.717, 1.165) is 6.07 Å². The number of rotatable bonds is 5. The Morgan fingerprint density at radius 1 is 1.11 bits per heavy atom. The zero-order valence-corrected chi connectivity index (χ0v) is 15.2. The molecule has 0 N–H and O–H groups in total. The second kappa shape index (κ2) is 7.41. The molecular weight excluding hydrogens is 357 g/mol. The summed E-state index contributed by atoms with van der Waals surface area (Å²) in [6.07, 6.45) is 4.62. The monoisotopic (exact) mass is 380 g/mol. The molecule has 4 rings (SSSR count). The van der Waals surface area contributed by atoms with Gasteiger partial charge < -0.3 is 14.2 Å². The molecule has 6 heteroatoms. The van der Waals surface area contributed by atoms with Crippen LogP contribution in [0, 0.1) is 23.5 Å². The molecule has 27 heavy (non-hydrogen) atoms. The molecule has 2 fully saturated rings. The Kier molecular flexibility index (Phi) is 5.14. The van der Waals surface area contributed by atoms with Gasteiger partial charge in [0.25, 0.3) is 0 Å². The predicted octanol–water partition coefficient (Wildman–Crippen LogP) is 4.78. The lowest BCUT2D eigenvalue weighted by Gasteiger charge is -2.42. The third kappa shape index (κ3) is 3.58. The van der Waals surface area contributed by atoms with Gasteiger partial charge in [-0.1, -0.05) is 18.2 Å². The lowest BCUT2D eigenvalue weighted by Crippen LogP contribution is -2.51. The van der Waals surface area contributed by atoms with Crippen molar-refractivity contribution in [3.05, 3.63) is 53.4 Å². The van der Waals surface area contributed by atoms with Crippen molar-refractivity contribution in [1.82, 2.24) is 0 Å². The topological polar surface area (TPSA) is 27.7 Å². The van der Waals surface area contributed by atoms with Gasteiger partial charge in [-0.2, -0.15) is 0 Å². The van der Waals surface area contributed by atoms with Crippen molar-refractivity contribution in [2.24, 2.45) is 11.8 Å². The van der Waals surface area contributed by atoms with Gasteiger partial charge in [-0.25, -0.2) is 13.2 Å². The smallest absolute Gasteiger partial charge is 0.190 e. The molecule has 1 unspecified atom stereocenters. The van der Waals surface area contributed by atoms with Crippen molar-refractivity contribution < 1.29 is 27.4 Å². The van der Waals surface area contributed by atoms with Crippen LogP contribution < -0.4 is 0 Å². The summed E-state index contributed by atoms with van der Waals surface area (Å²) >= 11 is 0. The van der Waals surface area contributed by atoms with Crippen LogP contribution >= 0.6 is 0 Å². The van der Waals surface area contributed by atoms with Crippen LogP contribution in [-0.2, 0) is 14.2 Å². The molecule has 3 nitrogen and oxygen atoms in total. The van der Waals surface area contributed by atoms with Crippen molar-refractivity contribution >= 4 is 5.57 Å². The zero-order chi connectivity index (χ0) is 19.0. The van der Waals surface area contributed by atoms with E-state index in [-0.39, 0.29) is 17.6 Å². The van der Waals surface area contributed by atoms with Crippen LogP contribution in [0.5, 0.6) is 0 Å². The first-order chi connectivity index (χ1) is 13.0. The number of allylic oxidation sites excluding steroid dienone is 2. The molecule has 146 valence electrons. The first-order valence-corrected chi connectivity index (χ1v) is 9.43. The van der Waals surface area contributed by atoms with Gasteiger partial charge in [0.05, 0.1) is 13.2 Å². The maximum absolute atomic E-state index is 15.0. The lowest BCUT2D eigenvalue weighted by molar-refractivity contribution is -0.274. The fraction of sp³-hybridized carbons (Fsp3) is 0.524. The van der Waals surface area contributed by atoms with Crippen LogP contribution in [0.25, 0.3) is 5.57 Å². The summed E-state index contributed by atoms with van der Waals surface area (Å²) < 4.78 is 60.2. The SMILES string of the molecule is CCOC1(C2OCC(C3CC3)CO2)C=CC(c2cccc(F)c2F)=C(F)C1. The minimum absolute atomic E-state index is 0.0222. The van der Waals surface area contributed by atoms with Gasteiger partial charge in [0.2, 0.25) is 0 Å². The Bertz CT molecular complexity index is 764. The lowest BCUT2D eigenvalue weighted by atomic mass is 9.87. The second-order valence-electron chi connectivity index (χ2n) is 7.41. The summed E-state index contributed by atoms with van der Waals surface area (Å²) in [7, 11) is 0. The van der Waals surface area contributed by atoms with E-state index in [1.165, 1.54) is 31.1 Å². The molecule has 1 aliphatic heterocycles. The van der Waals surface area contributed by atoms with E-state index in [4.69, 9.17) is 14.2 Å². The standard InChI is InChI=1S/C21H23F3O3/c1-2-27-21(20-25-11-14(12-26-20)13-6-7-13)9-8-15(18(23)10-21)16-4-3-5-17(22)19(16)24/h3-5,8-9,13-14,20H,2,6-7,10-12H2,1H3. The van der Waals surface area contributed by atoms with Crippen molar-refractivity contribution in [2.45, 2.75) is 38.1 Å². The van der Waals surface area contributed by atoms with Gasteiger partial charge in [0.15, 0.2) is 17.9 Å². The van der Waals surface area contributed by atoms with Crippen LogP contribution in [0.1, 0.15) is 31.7 Å². The van der Waals surface area contributed by atoms with E-state index in [1.807, 2.05) is 6.92 Å². The van der Waals surface area contributed by atoms with E-state index < -0.39 is 29.4 Å². The van der Waals surface area contributed by atoms with E-state index in [0.29, 0.717) is 31.7 Å². The Morgan fingerprint density at radius 2 is 1.85 bits per heavy atom. The normalized spacial score (nSPS) is 31.4. The molecule has 3 aliphatic rings. The number of halogens is 3. The molecule has 0 spiro atoms. The average Bonchev–Trinajstić information content (AvgIpc) is 3.50. The Balaban J connectivity index is 1.56. The summed E-state index contributed by atoms with van der Waals surface area (Å²) in [4.78, 5) is 0. The van der Waals surface area contributed by atoms with Gasteiger partial charge in [-0.15, -0.1) is 0 Å². The quantitative estimate of drug-likeness (QED) is 0.736. The van der Waals surface area contributed by atoms with Crippen LogP contribution in [0.4, 0.5) is 13.2 Å². The van der Waals surface area contributed by atoms with Crippen LogP contribution in [-0.4, -0.2) is 31.7 Å². The number of hydrogen-bond donors (Lipinski definition) is 0. The summed E-state index contributed by atoms with van der Waals surface area (Å²) in [6.45, 7) is 3.29. The third-order valence-electron chi connectivity index (χ3n) is 5.52. The largest absolute Gasteiger partial charge is 0.365 e.